The van der Waals surface area contributed by atoms with Gasteiger partial charge in [0, 0.05) is 31.2 Å². The SMILES string of the molecule is CC(C)(C[C@@H](N)Cc1ccc(NC(=O)OCc2ccc(O[C@@H]3O[C@H](CO)[C@@H](O)[C@H](O)[C@H]3O)c(C(=O)NCCNC(=O)COC3C#CCCCCC3)c2)cc1)C(=O)O. The molecule has 0 aromatic heterocycles. The maximum Gasteiger partial charge on any atom is 0.411 e. The smallest absolute Gasteiger partial charge is 0.411 e. The van der Waals surface area contributed by atoms with E-state index in [-0.39, 0.29) is 62.1 Å². The van der Waals surface area contributed by atoms with Crippen LogP contribution in [0.15, 0.2) is 42.5 Å². The summed E-state index contributed by atoms with van der Waals surface area (Å²) in [6, 6.07) is 10.7. The lowest BCUT2D eigenvalue weighted by molar-refractivity contribution is -0.277. The Labute approximate surface area is 331 Å². The fraction of sp³-hybridized carbons (Fsp3) is 0.550. The van der Waals surface area contributed by atoms with E-state index in [2.05, 4.69) is 27.8 Å². The van der Waals surface area contributed by atoms with Crippen LogP contribution in [0.25, 0.3) is 0 Å². The third-order valence-corrected chi connectivity index (χ3v) is 9.48. The second-order valence-electron chi connectivity index (χ2n) is 14.7. The topological polar surface area (TPSA) is 268 Å². The molecular formula is C40H54N4O13. The zero-order valence-corrected chi connectivity index (χ0v) is 32.1. The van der Waals surface area contributed by atoms with E-state index in [1.165, 1.54) is 18.2 Å². The van der Waals surface area contributed by atoms with Gasteiger partial charge in [0.15, 0.2) is 0 Å². The third-order valence-electron chi connectivity index (χ3n) is 9.48. The Balaban J connectivity index is 1.35. The van der Waals surface area contributed by atoms with Gasteiger partial charge in [-0.05, 0) is 81.3 Å². The first-order chi connectivity index (χ1) is 27.2. The monoisotopic (exact) mass is 798 g/mol. The van der Waals surface area contributed by atoms with Gasteiger partial charge in [-0.15, -0.1) is 5.92 Å². The number of aliphatic carboxylic acids is 1. The average Bonchev–Trinajstić information content (AvgIpc) is 3.16. The first-order valence-electron chi connectivity index (χ1n) is 18.9. The summed E-state index contributed by atoms with van der Waals surface area (Å²) in [7, 11) is 0. The van der Waals surface area contributed by atoms with E-state index in [1.54, 1.807) is 38.1 Å². The van der Waals surface area contributed by atoms with Gasteiger partial charge in [-0.2, -0.15) is 0 Å². The highest BCUT2D eigenvalue weighted by Crippen LogP contribution is 2.28. The van der Waals surface area contributed by atoms with Gasteiger partial charge in [-0.25, -0.2) is 4.79 Å². The second kappa shape index (κ2) is 21.6. The van der Waals surface area contributed by atoms with Gasteiger partial charge in [0.05, 0.1) is 17.6 Å². The number of carboxylic acid groups (broad SMARTS) is 1. The molecule has 1 aliphatic heterocycles. The molecule has 57 heavy (non-hydrogen) atoms. The fourth-order valence-corrected chi connectivity index (χ4v) is 6.19. The number of benzene rings is 2. The Morgan fingerprint density at radius 1 is 0.965 bits per heavy atom. The number of amides is 3. The largest absolute Gasteiger partial charge is 0.481 e. The summed E-state index contributed by atoms with van der Waals surface area (Å²) in [5.74, 6) is 4.02. The number of anilines is 1. The molecular weight excluding hydrogens is 744 g/mol. The number of hydrogen-bond donors (Lipinski definition) is 9. The van der Waals surface area contributed by atoms with Gasteiger partial charge in [0.25, 0.3) is 5.91 Å². The van der Waals surface area contributed by atoms with Crippen LogP contribution in [-0.2, 0) is 36.8 Å². The molecule has 1 unspecified atom stereocenters. The molecule has 1 heterocycles. The van der Waals surface area contributed by atoms with E-state index < -0.39 is 60.7 Å². The number of carbonyl (C=O) groups is 4. The highest BCUT2D eigenvalue weighted by Gasteiger charge is 2.45. The first-order valence-corrected chi connectivity index (χ1v) is 18.9. The predicted molar refractivity (Wildman–Crippen MR) is 205 cm³/mol. The number of carboxylic acids is 1. The van der Waals surface area contributed by atoms with Crippen molar-refractivity contribution in [2.75, 3.05) is 31.6 Å². The van der Waals surface area contributed by atoms with Crippen molar-refractivity contribution < 1.29 is 63.7 Å². The number of nitrogens with one attached hydrogen (secondary N) is 3. The van der Waals surface area contributed by atoms with Gasteiger partial charge in [0.2, 0.25) is 12.2 Å². The quantitative estimate of drug-likeness (QED) is 0.0758. The minimum atomic E-state index is -1.74. The summed E-state index contributed by atoms with van der Waals surface area (Å²) in [6.45, 7) is 2.15. The molecule has 0 bridgehead atoms. The number of ether oxygens (including phenoxy) is 4. The molecule has 2 aliphatic rings. The lowest BCUT2D eigenvalue weighted by atomic mass is 9.84. The minimum absolute atomic E-state index is 0.00146. The van der Waals surface area contributed by atoms with Gasteiger partial charge in [0.1, 0.15) is 49.5 Å². The standard InChI is InChI=1S/C40H54N4O13/c1-40(2,38(51)52)20-26(41)18-24-10-13-27(14-11-24)44-39(53)55-22-25-12-15-30(56-37-35(49)34(48)33(47)31(21-45)57-37)29(19-25)36(50)43-17-16-42-32(46)23-54-28-8-6-4-3-5-7-9-28/h10-15,19,26,28,31,33-35,37,45,47-49H,3-6,8,16-18,20-23,41H2,1-2H3,(H,42,46)(H,43,50)(H,44,53)(H,51,52)/t26-,28?,31+,33+,34-,35+,37+/m0/s1. The van der Waals surface area contributed by atoms with Crippen molar-refractivity contribution in [2.24, 2.45) is 11.1 Å². The maximum absolute atomic E-state index is 13.5. The van der Waals surface area contributed by atoms with E-state index in [1.807, 2.05) is 0 Å². The molecule has 1 saturated heterocycles. The Kier molecular flexibility index (Phi) is 17.1. The highest BCUT2D eigenvalue weighted by molar-refractivity contribution is 5.97. The van der Waals surface area contributed by atoms with Crippen molar-refractivity contribution in [1.29, 1.82) is 0 Å². The number of hydrogen-bond acceptors (Lipinski definition) is 13. The molecule has 10 N–H and O–H groups in total. The van der Waals surface area contributed by atoms with Crippen LogP contribution in [0.3, 0.4) is 0 Å². The third kappa shape index (κ3) is 14.0. The molecule has 2 aromatic rings. The van der Waals surface area contributed by atoms with Gasteiger partial charge < -0.3 is 60.8 Å². The molecule has 17 heteroatoms. The van der Waals surface area contributed by atoms with E-state index in [0.29, 0.717) is 17.7 Å². The summed E-state index contributed by atoms with van der Waals surface area (Å²) in [5.41, 5.74) is 6.79. The van der Waals surface area contributed by atoms with Crippen LogP contribution < -0.4 is 26.4 Å². The lowest BCUT2D eigenvalue weighted by Gasteiger charge is -2.39. The second-order valence-corrected chi connectivity index (χ2v) is 14.7. The summed E-state index contributed by atoms with van der Waals surface area (Å²) in [4.78, 5) is 50.0. The van der Waals surface area contributed by atoms with Crippen molar-refractivity contribution >= 4 is 29.6 Å². The molecule has 1 aliphatic carbocycles. The minimum Gasteiger partial charge on any atom is -0.481 e. The summed E-state index contributed by atoms with van der Waals surface area (Å²) < 4.78 is 22.3. The van der Waals surface area contributed by atoms with Crippen molar-refractivity contribution in [3.8, 4) is 17.6 Å². The Morgan fingerprint density at radius 3 is 2.40 bits per heavy atom. The fourth-order valence-electron chi connectivity index (χ4n) is 6.19. The van der Waals surface area contributed by atoms with Crippen LogP contribution in [0, 0.1) is 17.3 Å². The number of nitrogens with two attached hydrogens (primary N) is 1. The van der Waals surface area contributed by atoms with Crippen LogP contribution in [0.1, 0.15) is 73.9 Å². The Bertz CT molecular complexity index is 1730. The van der Waals surface area contributed by atoms with Crippen molar-refractivity contribution in [3.05, 3.63) is 59.2 Å². The van der Waals surface area contributed by atoms with Gasteiger partial charge >= 0.3 is 12.1 Å². The van der Waals surface area contributed by atoms with Crippen LogP contribution >= 0.6 is 0 Å². The van der Waals surface area contributed by atoms with Gasteiger partial charge in [-0.3, -0.25) is 19.7 Å². The zero-order valence-electron chi connectivity index (χ0n) is 32.1. The van der Waals surface area contributed by atoms with E-state index in [0.717, 1.165) is 37.7 Å². The van der Waals surface area contributed by atoms with Crippen LogP contribution in [-0.4, -0.2) is 119 Å². The Morgan fingerprint density at radius 2 is 1.68 bits per heavy atom. The van der Waals surface area contributed by atoms with E-state index >= 15 is 0 Å². The number of aliphatic hydroxyl groups excluding tert-OH is 4. The highest BCUT2D eigenvalue weighted by atomic mass is 16.7. The first kappa shape index (κ1) is 44.9. The van der Waals surface area contributed by atoms with Crippen molar-refractivity contribution in [2.45, 2.75) is 108 Å². The number of carbonyl (C=O) groups excluding carboxylic acids is 3. The average molecular weight is 799 g/mol. The van der Waals surface area contributed by atoms with E-state index in [9.17, 15) is 44.7 Å². The molecule has 17 nitrogen and oxygen atoms in total. The van der Waals surface area contributed by atoms with Crippen LogP contribution in [0.5, 0.6) is 5.75 Å². The van der Waals surface area contributed by atoms with Crippen LogP contribution in [0.2, 0.25) is 0 Å². The normalized spacial score (nSPS) is 22.7. The summed E-state index contributed by atoms with van der Waals surface area (Å²) in [6.07, 6.45) is -3.67. The maximum atomic E-state index is 13.5. The number of rotatable bonds is 18. The van der Waals surface area contributed by atoms with Crippen molar-refractivity contribution in [1.82, 2.24) is 10.6 Å². The molecule has 0 radical (unpaired) electrons. The molecule has 1 fully saturated rings. The zero-order chi connectivity index (χ0) is 41.5. The van der Waals surface area contributed by atoms with Crippen LogP contribution in [0.4, 0.5) is 10.5 Å². The molecule has 0 spiro atoms. The van der Waals surface area contributed by atoms with E-state index in [4.69, 9.17) is 24.7 Å². The summed E-state index contributed by atoms with van der Waals surface area (Å²) >= 11 is 0. The molecule has 312 valence electrons. The molecule has 0 saturated carbocycles. The van der Waals surface area contributed by atoms with Crippen molar-refractivity contribution in [3.63, 3.8) is 0 Å². The summed E-state index contributed by atoms with van der Waals surface area (Å²) in [5, 5.41) is 57.9. The molecule has 7 atom stereocenters. The number of aliphatic hydroxyl groups is 4. The molecule has 3 amide bonds. The Hall–Kier alpha value is -4.80. The lowest BCUT2D eigenvalue weighted by Crippen LogP contribution is -2.60. The molecule has 2 aromatic carbocycles. The molecule has 4 rings (SSSR count). The predicted octanol–water partition coefficient (Wildman–Crippen LogP) is 1.18. The van der Waals surface area contributed by atoms with Gasteiger partial charge in [-0.1, -0.05) is 30.5 Å².